The minimum Gasteiger partial charge on any atom is -0.394 e. The lowest BCUT2D eigenvalue weighted by Crippen LogP contribution is -2.31. The summed E-state index contributed by atoms with van der Waals surface area (Å²) >= 11 is 3.98. The van der Waals surface area contributed by atoms with E-state index >= 15 is 0 Å². The van der Waals surface area contributed by atoms with Crippen molar-refractivity contribution in [3.8, 4) is 0 Å². The van der Waals surface area contributed by atoms with Gasteiger partial charge in [-0.05, 0) is 0 Å². The first-order valence-corrected chi connectivity index (χ1v) is 14.5. The predicted molar refractivity (Wildman–Crippen MR) is 134 cm³/mol. The van der Waals surface area contributed by atoms with Gasteiger partial charge in [0.1, 0.15) is 18.3 Å². The fourth-order valence-electron chi connectivity index (χ4n) is 4.53. The van der Waals surface area contributed by atoms with Crippen LogP contribution in [0.1, 0.15) is 18.9 Å². The molecule has 6 rings (SSSR count). The van der Waals surface area contributed by atoms with Crippen molar-refractivity contribution in [1.29, 1.82) is 0 Å². The first-order valence-electron chi connectivity index (χ1n) is 11.8. The van der Waals surface area contributed by atoms with Crippen LogP contribution in [0.15, 0.2) is 15.9 Å². The summed E-state index contributed by atoms with van der Waals surface area (Å²) in [6.45, 7) is -5.34. The van der Waals surface area contributed by atoms with Crippen LogP contribution in [0.25, 0.3) is 22.3 Å². The highest BCUT2D eigenvalue weighted by molar-refractivity contribution is 8.44. The number of nitrogens with zero attached hydrogens (tertiary/aromatic N) is 8. The monoisotopic (exact) mass is 617 g/mol. The van der Waals surface area contributed by atoms with Crippen molar-refractivity contribution >= 4 is 47.3 Å². The molecule has 0 bridgehead atoms. The number of alkyl halides is 1. The van der Waals surface area contributed by atoms with E-state index in [0.717, 1.165) is 15.7 Å². The molecule has 6 N–H and O–H groups in total. The highest BCUT2D eigenvalue weighted by atomic mass is 32.7. The van der Waals surface area contributed by atoms with E-state index in [4.69, 9.17) is 24.3 Å². The van der Waals surface area contributed by atoms with Gasteiger partial charge < -0.3 is 30.4 Å². The number of aliphatic hydroxyl groups is 2. The van der Waals surface area contributed by atoms with Crippen LogP contribution in [-0.4, -0.2) is 104 Å². The first-order chi connectivity index (χ1) is 19.6. The molecule has 0 amide bonds. The van der Waals surface area contributed by atoms with Crippen molar-refractivity contribution in [1.82, 2.24) is 49.9 Å². The summed E-state index contributed by atoms with van der Waals surface area (Å²) in [7, 11) is 0. The van der Waals surface area contributed by atoms with Gasteiger partial charge in [-0.1, -0.05) is 22.7 Å². The average molecular weight is 617 g/mol. The van der Waals surface area contributed by atoms with Crippen LogP contribution in [0.5, 0.6) is 0 Å². The number of aromatic nitrogens is 10. The third-order valence-corrected chi connectivity index (χ3v) is 8.06. The van der Waals surface area contributed by atoms with Crippen LogP contribution in [0.3, 0.4) is 0 Å². The lowest BCUT2D eigenvalue weighted by molar-refractivity contribution is -0.0588. The molecule has 2 fully saturated rings. The van der Waals surface area contributed by atoms with Crippen LogP contribution in [-0.2, 0) is 23.1 Å². The maximum Gasteiger partial charge on any atom is 0.386 e. The Labute approximate surface area is 230 Å². The number of nitrogens with two attached hydrogens (primary N) is 1. The van der Waals surface area contributed by atoms with Crippen molar-refractivity contribution in [2.45, 2.75) is 49.5 Å². The molecule has 220 valence electrons. The molecule has 6 heterocycles. The van der Waals surface area contributed by atoms with Crippen molar-refractivity contribution in [3.63, 3.8) is 0 Å². The zero-order valence-corrected chi connectivity index (χ0v) is 22.2. The largest absolute Gasteiger partial charge is 0.394 e. The number of halogens is 1. The molecular weight excluding hydrogens is 596 g/mol. The minimum absolute atomic E-state index is 0.00219. The molecule has 0 spiro atoms. The molecule has 0 radical (unpaired) electrons. The number of nitrogen functional groups attached to an aromatic ring is 1. The summed E-state index contributed by atoms with van der Waals surface area (Å²) in [4.78, 5) is 36.5. The Morgan fingerprint density at radius 3 is 2.61 bits per heavy atom. The second kappa shape index (κ2) is 10.5. The second-order valence-corrected chi connectivity index (χ2v) is 11.9. The van der Waals surface area contributed by atoms with Gasteiger partial charge in [-0.15, -0.1) is 10.2 Å². The third-order valence-electron chi connectivity index (χ3n) is 6.42. The van der Waals surface area contributed by atoms with Crippen molar-refractivity contribution in [2.75, 3.05) is 18.9 Å². The van der Waals surface area contributed by atoms with Crippen LogP contribution in [0.4, 0.5) is 10.3 Å². The zero-order chi connectivity index (χ0) is 29.1. The van der Waals surface area contributed by atoms with E-state index in [1.807, 2.05) is 0 Å². The summed E-state index contributed by atoms with van der Waals surface area (Å²) in [5.74, 6) is -0.218. The number of fused-ring (bicyclic) bond motifs is 2. The smallest absolute Gasteiger partial charge is 0.386 e. The van der Waals surface area contributed by atoms with E-state index in [2.05, 4.69) is 52.8 Å². The number of rotatable bonds is 8. The SMILES string of the molecule is Nc1nc2c(nnn2[C@@H]2O[C@H](CO)C[C@H]2OP(=O)(S)OC[C@H]2O[C@@H](n3nnc4c(=O)[nH]cnc43)[C@@H](F)[C@@H]2O)c(=O)[nH]1. The van der Waals surface area contributed by atoms with Gasteiger partial charge in [0.15, 0.2) is 41.0 Å². The topological polar surface area (TPSA) is 273 Å². The van der Waals surface area contributed by atoms with Gasteiger partial charge in [0.05, 0.1) is 25.6 Å². The number of hydrogen-bond acceptors (Lipinski definition) is 16. The lowest BCUT2D eigenvalue weighted by atomic mass is 10.1. The number of H-pyrrole nitrogens is 2. The quantitative estimate of drug-likeness (QED) is 0.0916. The Morgan fingerprint density at radius 1 is 1.17 bits per heavy atom. The maximum atomic E-state index is 15.0. The van der Waals surface area contributed by atoms with E-state index in [-0.39, 0.29) is 34.7 Å². The predicted octanol–water partition coefficient (Wildman–Crippen LogP) is -2.06. The zero-order valence-electron chi connectivity index (χ0n) is 20.4. The normalized spacial score (nSPS) is 29.9. The summed E-state index contributed by atoms with van der Waals surface area (Å²) in [6, 6.07) is 0. The lowest BCUT2D eigenvalue weighted by Gasteiger charge is -2.23. The van der Waals surface area contributed by atoms with Gasteiger partial charge in [-0.2, -0.15) is 14.3 Å². The fraction of sp³-hybridized carbons (Fsp3) is 0.556. The van der Waals surface area contributed by atoms with Crippen molar-refractivity contribution in [2.24, 2.45) is 0 Å². The molecule has 41 heavy (non-hydrogen) atoms. The van der Waals surface area contributed by atoms with Gasteiger partial charge in [-0.25, -0.2) is 13.9 Å². The molecule has 2 aliphatic rings. The number of thiol groups is 1. The molecule has 0 saturated carbocycles. The number of anilines is 1. The highest BCUT2D eigenvalue weighted by Crippen LogP contribution is 2.57. The number of aliphatic hydroxyl groups excluding tert-OH is 2. The number of aromatic amines is 2. The Balaban J connectivity index is 1.17. The number of hydrogen-bond donors (Lipinski definition) is 6. The molecule has 0 aromatic carbocycles. The molecule has 4 aromatic heterocycles. The molecule has 2 aliphatic heterocycles. The van der Waals surface area contributed by atoms with Gasteiger partial charge in [0.25, 0.3) is 11.1 Å². The Hall–Kier alpha value is -3.37. The van der Waals surface area contributed by atoms with E-state index in [9.17, 15) is 28.8 Å². The minimum atomic E-state index is -4.27. The van der Waals surface area contributed by atoms with Crippen LogP contribution < -0.4 is 16.9 Å². The summed E-state index contributed by atoms with van der Waals surface area (Å²) in [5, 5.41) is 35.0. The van der Waals surface area contributed by atoms with E-state index in [1.165, 1.54) is 0 Å². The number of ether oxygens (including phenoxy) is 2. The second-order valence-electron chi connectivity index (χ2n) is 9.07. The third kappa shape index (κ3) is 5.01. The fourth-order valence-corrected chi connectivity index (χ4v) is 6.02. The van der Waals surface area contributed by atoms with Gasteiger partial charge in [0, 0.05) is 6.42 Å². The molecule has 0 aliphatic carbocycles. The van der Waals surface area contributed by atoms with Crippen LogP contribution >= 0.6 is 19.0 Å². The number of nitrogens with one attached hydrogen (secondary N) is 2. The van der Waals surface area contributed by atoms with Crippen LogP contribution in [0, 0.1) is 0 Å². The summed E-state index contributed by atoms with van der Waals surface area (Å²) in [6.07, 6.45) is -8.70. The summed E-state index contributed by atoms with van der Waals surface area (Å²) < 4.78 is 52.3. The summed E-state index contributed by atoms with van der Waals surface area (Å²) in [5.41, 5.74) is 3.91. The standard InChI is InChI=1S/C18H21FN11O9PS/c19-8-11(32)7(38-17(8)29-12-9(25-27-29)14(33)22-4-21-12)3-36-40(35,41)39-6-1-5(2-31)37-16(6)30-13-10(26-28-30)15(34)24-18(20)23-13/h4-8,11,16-17,31-32H,1-3H2,(H,35,41)(H,21,22,33)(H3,20,23,24,34)/t5-,6+,7+,8-,11+,16+,17+,40?/m0/s1. The molecule has 2 saturated heterocycles. The Kier molecular flexibility index (Phi) is 7.10. The molecular formula is C18H21FN11O9PS. The molecule has 20 nitrogen and oxygen atoms in total. The van der Waals surface area contributed by atoms with E-state index in [1.54, 1.807) is 0 Å². The molecule has 8 atom stereocenters. The van der Waals surface area contributed by atoms with Gasteiger partial charge in [-0.3, -0.25) is 23.6 Å². The molecule has 23 heteroatoms. The van der Waals surface area contributed by atoms with Crippen LogP contribution in [0.2, 0.25) is 0 Å². The van der Waals surface area contributed by atoms with E-state index < -0.39 is 74.2 Å². The molecule has 4 aromatic rings. The van der Waals surface area contributed by atoms with Crippen molar-refractivity contribution < 1.29 is 37.7 Å². The first kappa shape index (κ1) is 27.8. The van der Waals surface area contributed by atoms with Gasteiger partial charge in [0.2, 0.25) is 5.95 Å². The Morgan fingerprint density at radius 2 is 1.88 bits per heavy atom. The molecule has 1 unspecified atom stereocenters. The average Bonchev–Trinajstić information content (AvgIpc) is 3.69. The highest BCUT2D eigenvalue weighted by Gasteiger charge is 2.48. The van der Waals surface area contributed by atoms with E-state index in [0.29, 0.717) is 0 Å². The maximum absolute atomic E-state index is 15.0. The van der Waals surface area contributed by atoms with Crippen molar-refractivity contribution in [3.05, 3.63) is 27.0 Å². The van der Waals surface area contributed by atoms with Gasteiger partial charge >= 0.3 is 6.80 Å². The Bertz CT molecular complexity index is 1770.